The third-order valence-electron chi connectivity index (χ3n) is 2.16. The molecule has 76 valence electrons. The number of halogens is 1. The summed E-state index contributed by atoms with van der Waals surface area (Å²) in [6.45, 7) is 1.86. The Labute approximate surface area is 86.8 Å². The fraction of sp³-hybridized carbons (Fsp3) is 0.0909. The Bertz CT molecular complexity index is 480. The van der Waals surface area contributed by atoms with Crippen LogP contribution < -0.4 is 5.73 Å². The molecule has 0 radical (unpaired) electrons. The van der Waals surface area contributed by atoms with E-state index in [9.17, 15) is 4.39 Å². The first-order valence-electron chi connectivity index (χ1n) is 4.52. The Morgan fingerprint density at radius 2 is 1.80 bits per heavy atom. The summed E-state index contributed by atoms with van der Waals surface area (Å²) in [5, 5.41) is 7.75. The number of aromatic nitrogens is 2. The van der Waals surface area contributed by atoms with E-state index in [1.54, 1.807) is 12.1 Å². The first kappa shape index (κ1) is 9.58. The monoisotopic (exact) mass is 203 g/mol. The van der Waals surface area contributed by atoms with Gasteiger partial charge < -0.3 is 5.73 Å². The highest BCUT2D eigenvalue weighted by Gasteiger charge is 2.02. The smallest absolute Gasteiger partial charge is 0.149 e. The molecule has 0 atom stereocenters. The average molecular weight is 203 g/mol. The van der Waals surface area contributed by atoms with Crippen molar-refractivity contribution in [2.24, 2.45) is 0 Å². The van der Waals surface area contributed by atoms with E-state index < -0.39 is 0 Å². The van der Waals surface area contributed by atoms with E-state index in [0.29, 0.717) is 11.5 Å². The van der Waals surface area contributed by atoms with Crippen molar-refractivity contribution < 1.29 is 4.39 Å². The molecule has 0 aliphatic rings. The summed E-state index contributed by atoms with van der Waals surface area (Å²) in [5.41, 5.74) is 7.94. The number of nitrogen functional groups attached to an aromatic ring is 1. The fourth-order valence-corrected chi connectivity index (χ4v) is 1.26. The minimum Gasteiger partial charge on any atom is -0.382 e. The molecular formula is C11H10FN3. The van der Waals surface area contributed by atoms with Gasteiger partial charge in [0, 0.05) is 5.56 Å². The van der Waals surface area contributed by atoms with E-state index in [0.717, 1.165) is 11.1 Å². The van der Waals surface area contributed by atoms with Crippen LogP contribution in [0.2, 0.25) is 0 Å². The maximum atomic E-state index is 12.7. The van der Waals surface area contributed by atoms with E-state index in [1.165, 1.54) is 12.1 Å². The third-order valence-corrected chi connectivity index (χ3v) is 2.16. The lowest BCUT2D eigenvalue weighted by atomic mass is 10.1. The molecule has 2 N–H and O–H groups in total. The summed E-state index contributed by atoms with van der Waals surface area (Å²) in [6.07, 6.45) is 0. The highest BCUT2D eigenvalue weighted by atomic mass is 19.1. The number of nitrogens with two attached hydrogens (primary N) is 1. The molecule has 0 aliphatic heterocycles. The largest absolute Gasteiger partial charge is 0.382 e. The van der Waals surface area contributed by atoms with E-state index in [4.69, 9.17) is 5.73 Å². The molecule has 1 aromatic heterocycles. The van der Waals surface area contributed by atoms with Crippen molar-refractivity contribution in [2.45, 2.75) is 6.92 Å². The second-order valence-electron chi connectivity index (χ2n) is 3.30. The first-order chi connectivity index (χ1) is 7.16. The van der Waals surface area contributed by atoms with Crippen LogP contribution in [-0.4, -0.2) is 10.2 Å². The number of hydrogen-bond donors (Lipinski definition) is 1. The normalized spacial score (nSPS) is 10.3. The zero-order valence-corrected chi connectivity index (χ0v) is 8.24. The highest BCUT2D eigenvalue weighted by molar-refractivity contribution is 5.60. The van der Waals surface area contributed by atoms with Gasteiger partial charge in [0.25, 0.3) is 0 Å². The molecule has 0 amide bonds. The van der Waals surface area contributed by atoms with E-state index >= 15 is 0 Å². The van der Waals surface area contributed by atoms with Crippen LogP contribution in [0.15, 0.2) is 30.3 Å². The summed E-state index contributed by atoms with van der Waals surface area (Å²) in [7, 11) is 0. The molecule has 15 heavy (non-hydrogen) atoms. The van der Waals surface area contributed by atoms with Crippen LogP contribution in [0, 0.1) is 12.7 Å². The molecule has 1 aromatic carbocycles. The Hall–Kier alpha value is -1.97. The zero-order chi connectivity index (χ0) is 10.8. The van der Waals surface area contributed by atoms with Gasteiger partial charge in [-0.2, -0.15) is 0 Å². The number of rotatable bonds is 1. The van der Waals surface area contributed by atoms with Crippen LogP contribution in [0.5, 0.6) is 0 Å². The zero-order valence-electron chi connectivity index (χ0n) is 8.24. The molecule has 0 spiro atoms. The molecule has 0 aliphatic carbocycles. The molecule has 0 unspecified atom stereocenters. The van der Waals surface area contributed by atoms with Gasteiger partial charge in [-0.1, -0.05) is 0 Å². The lowest BCUT2D eigenvalue weighted by molar-refractivity contribution is 0.628. The Kier molecular flexibility index (Phi) is 2.33. The van der Waals surface area contributed by atoms with Gasteiger partial charge in [0.2, 0.25) is 0 Å². The van der Waals surface area contributed by atoms with Gasteiger partial charge >= 0.3 is 0 Å². The lowest BCUT2D eigenvalue weighted by Crippen LogP contribution is -1.97. The molecule has 1 heterocycles. The van der Waals surface area contributed by atoms with Crippen LogP contribution in [0.4, 0.5) is 10.2 Å². The molecular weight excluding hydrogens is 193 g/mol. The second kappa shape index (κ2) is 3.65. The van der Waals surface area contributed by atoms with Crippen molar-refractivity contribution in [3.05, 3.63) is 41.7 Å². The number of anilines is 1. The summed E-state index contributed by atoms with van der Waals surface area (Å²) < 4.78 is 12.7. The van der Waals surface area contributed by atoms with Crippen LogP contribution >= 0.6 is 0 Å². The van der Waals surface area contributed by atoms with Gasteiger partial charge in [0.1, 0.15) is 11.6 Å². The molecule has 0 bridgehead atoms. The number of benzene rings is 1. The SMILES string of the molecule is Cc1cc(-c2ccc(F)cc2)nnc1N. The molecule has 0 fully saturated rings. The molecule has 2 aromatic rings. The fourth-order valence-electron chi connectivity index (χ4n) is 1.26. The van der Waals surface area contributed by atoms with Gasteiger partial charge in [-0.3, -0.25) is 0 Å². The van der Waals surface area contributed by atoms with Crippen LogP contribution in [-0.2, 0) is 0 Å². The standard InChI is InChI=1S/C11H10FN3/c1-7-6-10(14-15-11(7)13)8-2-4-9(12)5-3-8/h2-6H,1H3,(H2,13,15). The van der Waals surface area contributed by atoms with Gasteiger partial charge in [-0.25, -0.2) is 4.39 Å². The summed E-state index contributed by atoms with van der Waals surface area (Å²) in [4.78, 5) is 0. The van der Waals surface area contributed by atoms with Crippen LogP contribution in [0.3, 0.4) is 0 Å². The molecule has 0 saturated carbocycles. The average Bonchev–Trinajstić information content (AvgIpc) is 2.23. The number of aryl methyl sites for hydroxylation is 1. The summed E-state index contributed by atoms with van der Waals surface area (Å²) in [6, 6.07) is 7.94. The van der Waals surface area contributed by atoms with Crippen molar-refractivity contribution in [1.82, 2.24) is 10.2 Å². The Balaban J connectivity index is 2.45. The van der Waals surface area contributed by atoms with E-state index in [1.807, 2.05) is 13.0 Å². The highest BCUT2D eigenvalue weighted by Crippen LogP contribution is 2.19. The lowest BCUT2D eigenvalue weighted by Gasteiger charge is -2.02. The Morgan fingerprint density at radius 1 is 1.13 bits per heavy atom. The molecule has 0 saturated heterocycles. The van der Waals surface area contributed by atoms with Crippen molar-refractivity contribution in [1.29, 1.82) is 0 Å². The van der Waals surface area contributed by atoms with Gasteiger partial charge in [0.15, 0.2) is 0 Å². The number of nitrogens with zero attached hydrogens (tertiary/aromatic N) is 2. The predicted octanol–water partition coefficient (Wildman–Crippen LogP) is 2.17. The first-order valence-corrected chi connectivity index (χ1v) is 4.52. The number of hydrogen-bond acceptors (Lipinski definition) is 3. The van der Waals surface area contributed by atoms with Gasteiger partial charge in [0.05, 0.1) is 5.69 Å². The minimum atomic E-state index is -0.265. The second-order valence-corrected chi connectivity index (χ2v) is 3.30. The van der Waals surface area contributed by atoms with Gasteiger partial charge in [-0.05, 0) is 42.8 Å². The maximum Gasteiger partial charge on any atom is 0.149 e. The molecule has 2 rings (SSSR count). The summed E-state index contributed by atoms with van der Waals surface area (Å²) in [5.74, 6) is 0.153. The maximum absolute atomic E-state index is 12.7. The van der Waals surface area contributed by atoms with Crippen LogP contribution in [0.25, 0.3) is 11.3 Å². The predicted molar refractivity (Wildman–Crippen MR) is 56.6 cm³/mol. The van der Waals surface area contributed by atoms with Crippen molar-refractivity contribution >= 4 is 5.82 Å². The van der Waals surface area contributed by atoms with Crippen molar-refractivity contribution in [2.75, 3.05) is 5.73 Å². The molecule has 3 nitrogen and oxygen atoms in total. The van der Waals surface area contributed by atoms with Crippen LogP contribution in [0.1, 0.15) is 5.56 Å². The minimum absolute atomic E-state index is 0.265. The third kappa shape index (κ3) is 1.93. The topological polar surface area (TPSA) is 51.8 Å². The van der Waals surface area contributed by atoms with E-state index in [2.05, 4.69) is 10.2 Å². The summed E-state index contributed by atoms with van der Waals surface area (Å²) >= 11 is 0. The van der Waals surface area contributed by atoms with Crippen molar-refractivity contribution in [3.63, 3.8) is 0 Å². The Morgan fingerprint density at radius 3 is 2.40 bits per heavy atom. The van der Waals surface area contributed by atoms with Crippen molar-refractivity contribution in [3.8, 4) is 11.3 Å². The van der Waals surface area contributed by atoms with Gasteiger partial charge in [-0.15, -0.1) is 10.2 Å². The quantitative estimate of drug-likeness (QED) is 0.772. The van der Waals surface area contributed by atoms with E-state index in [-0.39, 0.29) is 5.82 Å². The molecule has 4 heteroatoms.